The number of nitrogens with zero attached hydrogens (tertiary/aromatic N) is 1. The number of hydrogen-bond acceptors (Lipinski definition) is 3. The molecular formula is C21H23N3O2. The number of rotatable bonds is 2. The highest BCUT2D eigenvalue weighted by molar-refractivity contribution is 5.95. The van der Waals surface area contributed by atoms with Gasteiger partial charge in [0, 0.05) is 30.3 Å². The fourth-order valence-corrected chi connectivity index (χ4v) is 2.98. The van der Waals surface area contributed by atoms with E-state index in [9.17, 15) is 9.59 Å². The van der Waals surface area contributed by atoms with Gasteiger partial charge in [-0.1, -0.05) is 37.3 Å². The van der Waals surface area contributed by atoms with Crippen molar-refractivity contribution in [2.45, 2.75) is 38.6 Å². The summed E-state index contributed by atoms with van der Waals surface area (Å²) in [5.74, 6) is -0.0105. The maximum absolute atomic E-state index is 12.2. The zero-order valence-electron chi connectivity index (χ0n) is 14.9. The van der Waals surface area contributed by atoms with Gasteiger partial charge in [0.25, 0.3) is 0 Å². The number of nitrogens with one attached hydrogen (secondary N) is 2. The molecule has 1 aliphatic heterocycles. The first-order chi connectivity index (χ1) is 12.7. The van der Waals surface area contributed by atoms with Gasteiger partial charge >= 0.3 is 0 Å². The average molecular weight is 349 g/mol. The zero-order chi connectivity index (χ0) is 18.4. The molecule has 1 atom stereocenters. The lowest BCUT2D eigenvalue weighted by Crippen LogP contribution is -2.28. The molecule has 2 bridgehead atoms. The molecule has 1 aromatic carbocycles. The first kappa shape index (κ1) is 17.9. The molecule has 2 N–H and O–H groups in total. The van der Waals surface area contributed by atoms with Gasteiger partial charge in [0.15, 0.2) is 0 Å². The standard InChI is InChI=1S/C21H23N3O2/c1-2-20(25)24-18-10-4-3-5-11-21(26)23-17-9-7-6-8-16(17)15-12-13-22-19(18)14-15/h3-4,6-9,12-14,18H,2,5,10-11H2,1H3,(H,23,26)(H,24,25)/b4-3+/t18-/m0/s1. The van der Waals surface area contributed by atoms with E-state index < -0.39 is 0 Å². The Kier molecular flexibility index (Phi) is 5.79. The molecule has 1 aromatic heterocycles. The summed E-state index contributed by atoms with van der Waals surface area (Å²) in [7, 11) is 0. The number of pyridine rings is 1. The van der Waals surface area contributed by atoms with Crippen LogP contribution < -0.4 is 10.6 Å². The zero-order valence-corrected chi connectivity index (χ0v) is 14.9. The van der Waals surface area contributed by atoms with Crippen molar-refractivity contribution in [2.75, 3.05) is 5.32 Å². The van der Waals surface area contributed by atoms with Crippen LogP contribution in [0.2, 0.25) is 0 Å². The minimum absolute atomic E-state index is 0.00263. The van der Waals surface area contributed by atoms with Crippen LogP contribution in [-0.4, -0.2) is 16.8 Å². The van der Waals surface area contributed by atoms with E-state index in [0.717, 1.165) is 22.5 Å². The third kappa shape index (κ3) is 4.36. The number of carbonyl (C=O) groups excluding carboxylic acids is 2. The second-order valence-electron chi connectivity index (χ2n) is 6.28. The molecule has 0 saturated heterocycles. The summed E-state index contributed by atoms with van der Waals surface area (Å²) < 4.78 is 0. The second kappa shape index (κ2) is 8.43. The molecule has 0 aliphatic carbocycles. The summed E-state index contributed by atoms with van der Waals surface area (Å²) in [6, 6.07) is 11.4. The van der Waals surface area contributed by atoms with E-state index in [2.05, 4.69) is 15.6 Å². The number of aromatic nitrogens is 1. The number of allylic oxidation sites excluding steroid dienone is 1. The molecule has 1 aliphatic rings. The Balaban J connectivity index is 2.04. The molecule has 26 heavy (non-hydrogen) atoms. The lowest BCUT2D eigenvalue weighted by molar-refractivity contribution is -0.121. The van der Waals surface area contributed by atoms with Gasteiger partial charge in [-0.15, -0.1) is 0 Å². The lowest BCUT2D eigenvalue weighted by Gasteiger charge is -2.18. The lowest BCUT2D eigenvalue weighted by atomic mass is 10.0. The Hall–Kier alpha value is -2.95. The smallest absolute Gasteiger partial charge is 0.224 e. The van der Waals surface area contributed by atoms with Crippen LogP contribution in [0.1, 0.15) is 44.3 Å². The monoisotopic (exact) mass is 349 g/mol. The Morgan fingerprint density at radius 1 is 1.27 bits per heavy atom. The maximum Gasteiger partial charge on any atom is 0.224 e. The first-order valence-electron chi connectivity index (χ1n) is 8.97. The van der Waals surface area contributed by atoms with Crippen LogP contribution in [0.15, 0.2) is 54.7 Å². The van der Waals surface area contributed by atoms with Crippen LogP contribution in [0.4, 0.5) is 5.69 Å². The van der Waals surface area contributed by atoms with Gasteiger partial charge in [-0.3, -0.25) is 14.6 Å². The van der Waals surface area contributed by atoms with Gasteiger partial charge in [-0.2, -0.15) is 0 Å². The van der Waals surface area contributed by atoms with E-state index in [-0.39, 0.29) is 17.9 Å². The number of carbonyl (C=O) groups is 2. The summed E-state index contributed by atoms with van der Waals surface area (Å²) >= 11 is 0. The van der Waals surface area contributed by atoms with Crippen LogP contribution in [0.3, 0.4) is 0 Å². The Labute approximate surface area is 153 Å². The molecule has 5 heteroatoms. The first-order valence-corrected chi connectivity index (χ1v) is 8.97. The van der Waals surface area contributed by atoms with Gasteiger partial charge in [0.2, 0.25) is 11.8 Å². The molecule has 2 aromatic rings. The van der Waals surface area contributed by atoms with Crippen LogP contribution in [0.5, 0.6) is 0 Å². The van der Waals surface area contributed by atoms with Gasteiger partial charge in [-0.05, 0) is 36.6 Å². The van der Waals surface area contributed by atoms with E-state index >= 15 is 0 Å². The van der Waals surface area contributed by atoms with Crippen molar-refractivity contribution in [1.29, 1.82) is 0 Å². The minimum atomic E-state index is -0.185. The van der Waals surface area contributed by atoms with Gasteiger partial charge < -0.3 is 10.6 Å². The molecule has 0 fully saturated rings. The van der Waals surface area contributed by atoms with Crippen molar-refractivity contribution in [3.63, 3.8) is 0 Å². The molecule has 2 heterocycles. The summed E-state index contributed by atoms with van der Waals surface area (Å²) in [5.41, 5.74) is 3.50. The molecule has 0 spiro atoms. The molecule has 2 amide bonds. The van der Waals surface area contributed by atoms with Crippen molar-refractivity contribution in [3.05, 3.63) is 60.4 Å². The van der Waals surface area contributed by atoms with Crippen LogP contribution >= 0.6 is 0 Å². The van der Waals surface area contributed by atoms with Crippen LogP contribution in [-0.2, 0) is 9.59 Å². The molecule has 0 radical (unpaired) electrons. The Morgan fingerprint density at radius 2 is 2.12 bits per heavy atom. The summed E-state index contributed by atoms with van der Waals surface area (Å²) in [5, 5.41) is 6.04. The number of para-hydroxylation sites is 1. The van der Waals surface area contributed by atoms with Crippen molar-refractivity contribution >= 4 is 17.5 Å². The summed E-state index contributed by atoms with van der Waals surface area (Å²) in [4.78, 5) is 28.6. The maximum atomic E-state index is 12.2. The van der Waals surface area contributed by atoms with E-state index in [1.807, 2.05) is 55.5 Å². The molecular weight excluding hydrogens is 326 g/mol. The third-order valence-electron chi connectivity index (χ3n) is 4.38. The molecule has 3 rings (SSSR count). The van der Waals surface area contributed by atoms with Crippen LogP contribution in [0.25, 0.3) is 11.1 Å². The van der Waals surface area contributed by atoms with Crippen molar-refractivity contribution in [2.24, 2.45) is 0 Å². The van der Waals surface area contributed by atoms with Crippen molar-refractivity contribution in [3.8, 4) is 11.1 Å². The predicted octanol–water partition coefficient (Wildman–Crippen LogP) is 3.99. The fraction of sp³-hybridized carbons (Fsp3) is 0.286. The van der Waals surface area contributed by atoms with E-state index in [1.165, 1.54) is 0 Å². The fourth-order valence-electron chi connectivity index (χ4n) is 2.98. The largest absolute Gasteiger partial charge is 0.347 e. The van der Waals surface area contributed by atoms with Gasteiger partial charge in [0.1, 0.15) is 0 Å². The summed E-state index contributed by atoms with van der Waals surface area (Å²) in [6.07, 6.45) is 7.90. The highest BCUT2D eigenvalue weighted by Gasteiger charge is 2.16. The Bertz CT molecular complexity index is 830. The predicted molar refractivity (Wildman–Crippen MR) is 102 cm³/mol. The van der Waals surface area contributed by atoms with Gasteiger partial charge in [0.05, 0.1) is 11.7 Å². The number of hydrogen-bond donors (Lipinski definition) is 2. The SMILES string of the molecule is CCC(=O)N[C@H]1C/C=C/CCC(=O)Nc2ccccc2-c2ccnc1c2. The van der Waals surface area contributed by atoms with Crippen molar-refractivity contribution < 1.29 is 9.59 Å². The number of benzene rings is 1. The van der Waals surface area contributed by atoms with E-state index in [1.54, 1.807) is 6.20 Å². The molecule has 0 saturated carbocycles. The molecule has 0 unspecified atom stereocenters. The van der Waals surface area contributed by atoms with Crippen LogP contribution in [0, 0.1) is 0 Å². The van der Waals surface area contributed by atoms with Crippen molar-refractivity contribution in [1.82, 2.24) is 10.3 Å². The second-order valence-corrected chi connectivity index (χ2v) is 6.28. The number of fused-ring (bicyclic) bond motifs is 4. The Morgan fingerprint density at radius 3 is 2.96 bits per heavy atom. The molecule has 134 valence electrons. The normalized spacial score (nSPS) is 18.3. The van der Waals surface area contributed by atoms with Gasteiger partial charge in [-0.25, -0.2) is 0 Å². The highest BCUT2D eigenvalue weighted by atomic mass is 16.2. The van der Waals surface area contributed by atoms with E-state index in [4.69, 9.17) is 0 Å². The molecule has 5 nitrogen and oxygen atoms in total. The van der Waals surface area contributed by atoms with E-state index in [0.29, 0.717) is 25.7 Å². The summed E-state index contributed by atoms with van der Waals surface area (Å²) in [6.45, 7) is 1.84. The number of anilines is 1. The quantitative estimate of drug-likeness (QED) is 0.805. The average Bonchev–Trinajstić information content (AvgIpc) is 2.67. The third-order valence-corrected chi connectivity index (χ3v) is 4.38. The minimum Gasteiger partial charge on any atom is -0.347 e. The topological polar surface area (TPSA) is 71.1 Å². The highest BCUT2D eigenvalue weighted by Crippen LogP contribution is 2.30. The number of amides is 2.